The molecule has 2 fully saturated rings. The van der Waals surface area contributed by atoms with E-state index in [1.807, 2.05) is 0 Å². The van der Waals surface area contributed by atoms with Crippen molar-refractivity contribution in [3.63, 3.8) is 0 Å². The van der Waals surface area contributed by atoms with Crippen LogP contribution < -0.4 is 11.5 Å². The summed E-state index contributed by atoms with van der Waals surface area (Å²) < 4.78 is 0. The summed E-state index contributed by atoms with van der Waals surface area (Å²) in [6.07, 6.45) is 21.6. The van der Waals surface area contributed by atoms with Crippen molar-refractivity contribution >= 4 is 0 Å². The molecular weight excluding hydrogens is 292 g/mol. The molecule has 0 aromatic carbocycles. The Morgan fingerprint density at radius 3 is 2.21 bits per heavy atom. The maximum Gasteiger partial charge on any atom is 0.0531 e. The van der Waals surface area contributed by atoms with Gasteiger partial charge in [0.2, 0.25) is 0 Å². The largest absolute Gasteiger partial charge is 0.401 e. The lowest BCUT2D eigenvalue weighted by molar-refractivity contribution is 0.334. The Balaban J connectivity index is 2.14. The second-order valence-corrected chi connectivity index (χ2v) is 7.89. The van der Waals surface area contributed by atoms with Crippen molar-refractivity contribution in [1.82, 2.24) is 0 Å². The number of hydrogen-bond donors (Lipinski definition) is 2. The molecule has 2 saturated carbocycles. The number of allylic oxidation sites excluding steroid dienone is 3. The van der Waals surface area contributed by atoms with E-state index in [1.165, 1.54) is 62.5 Å². The summed E-state index contributed by atoms with van der Waals surface area (Å²) in [5, 5.41) is 0. The van der Waals surface area contributed by atoms with Crippen LogP contribution >= 0.6 is 0 Å². The molecule has 0 spiro atoms. The molecule has 3 rings (SSSR count). The molecule has 0 saturated heterocycles. The summed E-state index contributed by atoms with van der Waals surface area (Å²) in [5.41, 5.74) is 17.2. The van der Waals surface area contributed by atoms with Gasteiger partial charge in [0.05, 0.1) is 6.04 Å². The minimum absolute atomic E-state index is 0.0240. The average molecular weight is 327 g/mol. The molecule has 132 valence electrons. The van der Waals surface area contributed by atoms with E-state index in [9.17, 15) is 0 Å². The summed E-state index contributed by atoms with van der Waals surface area (Å²) in [5.74, 6) is 1.21. The van der Waals surface area contributed by atoms with Gasteiger partial charge in [-0.25, -0.2) is 0 Å². The topological polar surface area (TPSA) is 52.0 Å². The molecule has 0 amide bonds. The number of rotatable bonds is 4. The zero-order valence-electron chi connectivity index (χ0n) is 15.4. The zero-order chi connectivity index (χ0) is 17.2. The summed E-state index contributed by atoms with van der Waals surface area (Å²) in [6, 6.07) is -0.0240. The van der Waals surface area contributed by atoms with E-state index in [4.69, 9.17) is 11.5 Å². The second-order valence-electron chi connectivity index (χ2n) is 7.89. The Hall–Kier alpha value is -1.28. The zero-order valence-corrected chi connectivity index (χ0v) is 15.4. The monoisotopic (exact) mass is 326 g/mol. The second kappa shape index (κ2) is 7.31. The first-order chi connectivity index (χ1) is 11.6. The van der Waals surface area contributed by atoms with Crippen LogP contribution in [0.3, 0.4) is 0 Å². The predicted octanol–water partition coefficient (Wildman–Crippen LogP) is 4.99. The third kappa shape index (κ3) is 2.90. The Morgan fingerprint density at radius 1 is 1.00 bits per heavy atom. The molecule has 3 aliphatic rings. The summed E-state index contributed by atoms with van der Waals surface area (Å²) >= 11 is 0. The highest BCUT2D eigenvalue weighted by atomic mass is 14.7. The van der Waals surface area contributed by atoms with Crippen molar-refractivity contribution in [3.05, 3.63) is 47.2 Å². The van der Waals surface area contributed by atoms with Gasteiger partial charge in [0.15, 0.2) is 0 Å². The highest BCUT2D eigenvalue weighted by Crippen LogP contribution is 2.52. The Morgan fingerprint density at radius 2 is 1.62 bits per heavy atom. The van der Waals surface area contributed by atoms with Crippen molar-refractivity contribution in [2.45, 2.75) is 71.3 Å². The van der Waals surface area contributed by atoms with Crippen LogP contribution in [0.4, 0.5) is 0 Å². The van der Waals surface area contributed by atoms with Gasteiger partial charge >= 0.3 is 0 Å². The minimum Gasteiger partial charge on any atom is -0.401 e. The molecule has 2 atom stereocenters. The molecule has 2 heteroatoms. The third-order valence-corrected chi connectivity index (χ3v) is 6.50. The first-order valence-corrected chi connectivity index (χ1v) is 9.89. The normalized spacial score (nSPS) is 33.3. The van der Waals surface area contributed by atoms with E-state index in [2.05, 4.69) is 44.2 Å². The van der Waals surface area contributed by atoms with Crippen LogP contribution in [-0.2, 0) is 0 Å². The summed E-state index contributed by atoms with van der Waals surface area (Å²) in [6.45, 7) is 4.20. The van der Waals surface area contributed by atoms with E-state index in [0.717, 1.165) is 5.70 Å². The van der Waals surface area contributed by atoms with E-state index >= 15 is 0 Å². The van der Waals surface area contributed by atoms with Gasteiger partial charge in [-0.2, -0.15) is 0 Å². The lowest BCUT2D eigenvalue weighted by Gasteiger charge is -2.43. The molecule has 24 heavy (non-hydrogen) atoms. The highest BCUT2D eigenvalue weighted by molar-refractivity contribution is 5.49. The molecule has 0 bridgehead atoms. The van der Waals surface area contributed by atoms with Crippen LogP contribution in [0.5, 0.6) is 0 Å². The standard InChI is InChI=1S/C22H34N2/c1-3-9-17-15-22(14-4-2,18-12-7-8-13-18)21(24)19(20(17)23)16-10-5-6-11-16/h3-4,9,14-16,18,20H,5-8,10-13,23-24H2,1-2H3/b9-3-,14-4-. The van der Waals surface area contributed by atoms with Crippen molar-refractivity contribution in [2.75, 3.05) is 0 Å². The van der Waals surface area contributed by atoms with Gasteiger partial charge < -0.3 is 11.5 Å². The molecule has 4 N–H and O–H groups in total. The molecule has 3 aliphatic carbocycles. The first kappa shape index (κ1) is 17.5. The summed E-state index contributed by atoms with van der Waals surface area (Å²) in [4.78, 5) is 0. The molecular formula is C22H34N2. The molecule has 2 nitrogen and oxygen atoms in total. The Bertz CT molecular complexity index is 569. The number of nitrogens with two attached hydrogens (primary N) is 2. The molecule has 0 heterocycles. The van der Waals surface area contributed by atoms with Gasteiger partial charge in [-0.15, -0.1) is 0 Å². The fourth-order valence-electron chi connectivity index (χ4n) is 5.39. The Kier molecular flexibility index (Phi) is 5.34. The van der Waals surface area contributed by atoms with Crippen LogP contribution in [0.2, 0.25) is 0 Å². The SMILES string of the molecule is C/C=C\C1=CC(/C=C\C)(C2CCCC2)C(N)=C(C2CCCC2)C1N. The Labute approximate surface area is 147 Å². The molecule has 0 aliphatic heterocycles. The third-order valence-electron chi connectivity index (χ3n) is 6.50. The van der Waals surface area contributed by atoms with E-state index < -0.39 is 0 Å². The van der Waals surface area contributed by atoms with Crippen LogP contribution in [-0.4, -0.2) is 6.04 Å². The van der Waals surface area contributed by atoms with E-state index in [-0.39, 0.29) is 11.5 Å². The maximum atomic E-state index is 6.93. The van der Waals surface area contributed by atoms with Crippen LogP contribution in [0.1, 0.15) is 65.2 Å². The minimum atomic E-state index is -0.117. The highest BCUT2D eigenvalue weighted by Gasteiger charge is 2.45. The van der Waals surface area contributed by atoms with E-state index in [0.29, 0.717) is 11.8 Å². The van der Waals surface area contributed by atoms with Crippen LogP contribution in [0.15, 0.2) is 47.2 Å². The van der Waals surface area contributed by atoms with Gasteiger partial charge in [0.1, 0.15) is 0 Å². The first-order valence-electron chi connectivity index (χ1n) is 9.89. The lowest BCUT2D eigenvalue weighted by Crippen LogP contribution is -2.43. The lowest BCUT2D eigenvalue weighted by atomic mass is 9.63. The molecule has 2 unspecified atom stereocenters. The fraction of sp³-hybridized carbons (Fsp3) is 0.636. The van der Waals surface area contributed by atoms with Crippen molar-refractivity contribution in [3.8, 4) is 0 Å². The van der Waals surface area contributed by atoms with Gasteiger partial charge in [0, 0.05) is 11.1 Å². The quantitative estimate of drug-likeness (QED) is 0.715. The van der Waals surface area contributed by atoms with Gasteiger partial charge in [-0.1, -0.05) is 56.1 Å². The molecule has 0 radical (unpaired) electrons. The van der Waals surface area contributed by atoms with Gasteiger partial charge in [-0.3, -0.25) is 0 Å². The van der Waals surface area contributed by atoms with E-state index in [1.54, 1.807) is 0 Å². The maximum absolute atomic E-state index is 6.93. The number of hydrogen-bond acceptors (Lipinski definition) is 2. The smallest absolute Gasteiger partial charge is 0.0531 e. The fourth-order valence-corrected chi connectivity index (χ4v) is 5.39. The summed E-state index contributed by atoms with van der Waals surface area (Å²) in [7, 11) is 0. The van der Waals surface area contributed by atoms with Crippen LogP contribution in [0, 0.1) is 17.3 Å². The predicted molar refractivity (Wildman–Crippen MR) is 103 cm³/mol. The van der Waals surface area contributed by atoms with Gasteiger partial charge in [-0.05, 0) is 62.5 Å². The molecule has 0 aromatic heterocycles. The van der Waals surface area contributed by atoms with Crippen LogP contribution in [0.25, 0.3) is 0 Å². The molecule has 0 aromatic rings. The van der Waals surface area contributed by atoms with Crippen molar-refractivity contribution in [2.24, 2.45) is 28.7 Å². The van der Waals surface area contributed by atoms with Gasteiger partial charge in [0.25, 0.3) is 0 Å². The van der Waals surface area contributed by atoms with Crippen molar-refractivity contribution < 1.29 is 0 Å². The average Bonchev–Trinajstić information content (AvgIpc) is 3.26. The van der Waals surface area contributed by atoms with Crippen molar-refractivity contribution in [1.29, 1.82) is 0 Å².